The molecule has 2 fully saturated rings. The molecular formula is C12H21NO3. The highest BCUT2D eigenvalue weighted by Gasteiger charge is 2.34. The van der Waals surface area contributed by atoms with Crippen molar-refractivity contribution in [3.63, 3.8) is 0 Å². The molecule has 1 aliphatic heterocycles. The molecule has 1 aliphatic carbocycles. The Hall–Kier alpha value is -0.610. The summed E-state index contributed by atoms with van der Waals surface area (Å²) < 4.78 is 11.3. The number of hydrogen-bond donors (Lipinski definition) is 1. The summed E-state index contributed by atoms with van der Waals surface area (Å²) in [7, 11) is 0. The van der Waals surface area contributed by atoms with Gasteiger partial charge in [0.2, 0.25) is 5.91 Å². The first-order valence-electron chi connectivity index (χ1n) is 6.32. The second-order valence-corrected chi connectivity index (χ2v) is 4.65. The van der Waals surface area contributed by atoms with Gasteiger partial charge in [0, 0.05) is 12.5 Å². The molecule has 1 saturated carbocycles. The molecular weight excluding hydrogens is 206 g/mol. The number of carbonyl (C=O) groups is 1. The predicted octanol–water partition coefficient (Wildman–Crippen LogP) is 1.24. The van der Waals surface area contributed by atoms with Crippen LogP contribution in [0, 0.1) is 0 Å². The monoisotopic (exact) mass is 227 g/mol. The molecule has 0 bridgehead atoms. The van der Waals surface area contributed by atoms with Gasteiger partial charge in [0.1, 0.15) is 0 Å². The minimum absolute atomic E-state index is 0.169. The molecule has 1 N–H and O–H groups in total. The van der Waals surface area contributed by atoms with Gasteiger partial charge in [-0.25, -0.2) is 0 Å². The second kappa shape index (κ2) is 5.64. The summed E-state index contributed by atoms with van der Waals surface area (Å²) in [6.07, 6.45) is 4.90. The van der Waals surface area contributed by atoms with Gasteiger partial charge in [-0.2, -0.15) is 0 Å². The highest BCUT2D eigenvalue weighted by atomic mass is 16.6. The molecule has 4 nitrogen and oxygen atoms in total. The van der Waals surface area contributed by atoms with E-state index < -0.39 is 0 Å². The van der Waals surface area contributed by atoms with Gasteiger partial charge in [-0.05, 0) is 25.7 Å². The van der Waals surface area contributed by atoms with Crippen LogP contribution in [0.4, 0.5) is 0 Å². The zero-order valence-corrected chi connectivity index (χ0v) is 9.91. The van der Waals surface area contributed by atoms with Gasteiger partial charge in [-0.1, -0.05) is 6.92 Å². The Morgan fingerprint density at radius 3 is 2.75 bits per heavy atom. The van der Waals surface area contributed by atoms with Crippen molar-refractivity contribution in [1.29, 1.82) is 0 Å². The van der Waals surface area contributed by atoms with E-state index >= 15 is 0 Å². The predicted molar refractivity (Wildman–Crippen MR) is 60.2 cm³/mol. The summed E-state index contributed by atoms with van der Waals surface area (Å²) in [5.41, 5.74) is 0. The third-order valence-corrected chi connectivity index (χ3v) is 3.32. The standard InChI is InChI=1S/C12H21NO3/c1-2-3-12(14)13-9-4-5-10-11(8-9)16-7-6-15-10/h9-11H,2-8H2,1H3,(H,13,14). The van der Waals surface area contributed by atoms with Crippen LogP contribution in [-0.4, -0.2) is 37.4 Å². The molecule has 3 unspecified atom stereocenters. The SMILES string of the molecule is CCCC(=O)NC1CCC2OCCOC2C1. The van der Waals surface area contributed by atoms with Gasteiger partial charge in [0.25, 0.3) is 0 Å². The van der Waals surface area contributed by atoms with E-state index in [1.165, 1.54) is 0 Å². The quantitative estimate of drug-likeness (QED) is 0.789. The van der Waals surface area contributed by atoms with Crippen molar-refractivity contribution in [3.8, 4) is 0 Å². The maximum atomic E-state index is 11.5. The fraction of sp³-hybridized carbons (Fsp3) is 0.917. The first-order chi connectivity index (χ1) is 7.79. The van der Waals surface area contributed by atoms with Gasteiger partial charge in [0.15, 0.2) is 0 Å². The van der Waals surface area contributed by atoms with Gasteiger partial charge in [0.05, 0.1) is 25.4 Å². The van der Waals surface area contributed by atoms with Crippen LogP contribution in [0.3, 0.4) is 0 Å². The number of nitrogens with one attached hydrogen (secondary N) is 1. The van der Waals surface area contributed by atoms with Gasteiger partial charge in [-0.15, -0.1) is 0 Å². The van der Waals surface area contributed by atoms with Crippen LogP contribution in [-0.2, 0) is 14.3 Å². The number of carbonyl (C=O) groups excluding carboxylic acids is 1. The van der Waals surface area contributed by atoms with E-state index in [1.54, 1.807) is 0 Å². The Labute approximate surface area is 96.7 Å². The van der Waals surface area contributed by atoms with Crippen LogP contribution in [0.2, 0.25) is 0 Å². The smallest absolute Gasteiger partial charge is 0.220 e. The molecule has 1 saturated heterocycles. The van der Waals surface area contributed by atoms with E-state index in [-0.39, 0.29) is 24.2 Å². The van der Waals surface area contributed by atoms with E-state index in [4.69, 9.17) is 9.47 Å². The summed E-state index contributed by atoms with van der Waals surface area (Å²) in [5, 5.41) is 3.08. The second-order valence-electron chi connectivity index (χ2n) is 4.65. The highest BCUT2D eigenvalue weighted by Crippen LogP contribution is 2.26. The lowest BCUT2D eigenvalue weighted by atomic mass is 9.89. The van der Waals surface area contributed by atoms with Crippen LogP contribution in [0.1, 0.15) is 39.0 Å². The Morgan fingerprint density at radius 2 is 2.00 bits per heavy atom. The number of rotatable bonds is 3. The maximum absolute atomic E-state index is 11.5. The number of hydrogen-bond acceptors (Lipinski definition) is 3. The molecule has 2 aliphatic rings. The van der Waals surface area contributed by atoms with Gasteiger partial charge >= 0.3 is 0 Å². The van der Waals surface area contributed by atoms with E-state index in [0.717, 1.165) is 25.7 Å². The number of amides is 1. The van der Waals surface area contributed by atoms with Crippen molar-refractivity contribution in [2.24, 2.45) is 0 Å². The summed E-state index contributed by atoms with van der Waals surface area (Å²) in [4.78, 5) is 11.5. The van der Waals surface area contributed by atoms with E-state index in [9.17, 15) is 4.79 Å². The van der Waals surface area contributed by atoms with Crippen molar-refractivity contribution >= 4 is 5.91 Å². The maximum Gasteiger partial charge on any atom is 0.220 e. The first kappa shape index (κ1) is 11.9. The lowest BCUT2D eigenvalue weighted by Crippen LogP contribution is -2.49. The zero-order chi connectivity index (χ0) is 11.4. The van der Waals surface area contributed by atoms with Crippen molar-refractivity contribution in [2.45, 2.75) is 57.3 Å². The molecule has 3 atom stereocenters. The van der Waals surface area contributed by atoms with Crippen molar-refractivity contribution < 1.29 is 14.3 Å². The molecule has 0 spiro atoms. The lowest BCUT2D eigenvalue weighted by molar-refractivity contribution is -0.158. The summed E-state index contributed by atoms with van der Waals surface area (Å²) in [5.74, 6) is 0.169. The third-order valence-electron chi connectivity index (χ3n) is 3.32. The van der Waals surface area contributed by atoms with Crippen molar-refractivity contribution in [1.82, 2.24) is 5.32 Å². The molecule has 1 amide bonds. The van der Waals surface area contributed by atoms with Crippen LogP contribution in [0.15, 0.2) is 0 Å². The molecule has 0 aromatic heterocycles. The fourth-order valence-electron chi connectivity index (χ4n) is 2.52. The minimum atomic E-state index is 0.169. The van der Waals surface area contributed by atoms with Crippen LogP contribution < -0.4 is 5.32 Å². The average molecular weight is 227 g/mol. The molecule has 92 valence electrons. The van der Waals surface area contributed by atoms with E-state index in [2.05, 4.69) is 5.32 Å². The molecule has 0 aromatic rings. The number of fused-ring (bicyclic) bond motifs is 1. The van der Waals surface area contributed by atoms with Crippen LogP contribution in [0.5, 0.6) is 0 Å². The van der Waals surface area contributed by atoms with Crippen LogP contribution >= 0.6 is 0 Å². The Morgan fingerprint density at radius 1 is 1.25 bits per heavy atom. The molecule has 4 heteroatoms. The minimum Gasteiger partial charge on any atom is -0.373 e. The number of ether oxygens (including phenoxy) is 2. The first-order valence-corrected chi connectivity index (χ1v) is 6.32. The summed E-state index contributed by atoms with van der Waals surface area (Å²) >= 11 is 0. The van der Waals surface area contributed by atoms with Crippen molar-refractivity contribution in [3.05, 3.63) is 0 Å². The van der Waals surface area contributed by atoms with Gasteiger partial charge in [-0.3, -0.25) is 4.79 Å². The normalized spacial score (nSPS) is 34.2. The largest absolute Gasteiger partial charge is 0.373 e. The molecule has 1 heterocycles. The van der Waals surface area contributed by atoms with Gasteiger partial charge < -0.3 is 14.8 Å². The molecule has 0 aromatic carbocycles. The molecule has 0 radical (unpaired) electrons. The molecule has 2 rings (SSSR count). The third kappa shape index (κ3) is 2.95. The fourth-order valence-corrected chi connectivity index (χ4v) is 2.52. The van der Waals surface area contributed by atoms with E-state index in [0.29, 0.717) is 19.6 Å². The average Bonchev–Trinajstić information content (AvgIpc) is 2.29. The topological polar surface area (TPSA) is 47.6 Å². The zero-order valence-electron chi connectivity index (χ0n) is 9.91. The summed E-state index contributed by atoms with van der Waals surface area (Å²) in [6.45, 7) is 3.43. The Balaban J connectivity index is 1.78. The van der Waals surface area contributed by atoms with E-state index in [1.807, 2.05) is 6.92 Å². The molecule has 16 heavy (non-hydrogen) atoms. The van der Waals surface area contributed by atoms with Crippen LogP contribution in [0.25, 0.3) is 0 Å². The lowest BCUT2D eigenvalue weighted by Gasteiger charge is -2.39. The Kier molecular flexibility index (Phi) is 4.18. The summed E-state index contributed by atoms with van der Waals surface area (Å²) in [6, 6.07) is 0.280. The highest BCUT2D eigenvalue weighted by molar-refractivity contribution is 5.76. The van der Waals surface area contributed by atoms with Crippen molar-refractivity contribution in [2.75, 3.05) is 13.2 Å². The Bertz CT molecular complexity index is 244.